The van der Waals surface area contributed by atoms with Gasteiger partial charge in [-0.05, 0) is 35.9 Å². The highest BCUT2D eigenvalue weighted by molar-refractivity contribution is 7.91. The van der Waals surface area contributed by atoms with Crippen LogP contribution in [0.4, 0.5) is 14.9 Å². The lowest BCUT2D eigenvalue weighted by molar-refractivity contribution is 0.251. The maximum Gasteiger partial charge on any atom is 0.319 e. The van der Waals surface area contributed by atoms with Gasteiger partial charge in [0.05, 0.1) is 17.3 Å². The molecule has 2 rings (SSSR count). The van der Waals surface area contributed by atoms with E-state index < -0.39 is 28.3 Å². The van der Waals surface area contributed by atoms with Crippen LogP contribution in [0.5, 0.6) is 0 Å². The van der Waals surface area contributed by atoms with Crippen LogP contribution in [0, 0.1) is 5.82 Å². The summed E-state index contributed by atoms with van der Waals surface area (Å²) in [6, 6.07) is 11.0. The molecule has 8 heteroatoms. The van der Waals surface area contributed by atoms with Crippen LogP contribution in [-0.2, 0) is 16.4 Å². The molecule has 0 fully saturated rings. The number of amides is 2. The van der Waals surface area contributed by atoms with E-state index in [0.717, 1.165) is 0 Å². The maximum absolute atomic E-state index is 13.0. The first-order chi connectivity index (χ1) is 11.4. The van der Waals surface area contributed by atoms with Crippen molar-refractivity contribution in [1.82, 2.24) is 5.32 Å². The Hall–Kier alpha value is -2.45. The summed E-state index contributed by atoms with van der Waals surface area (Å²) in [5, 5.41) is 13.8. The van der Waals surface area contributed by atoms with Crippen molar-refractivity contribution < 1.29 is 22.7 Å². The number of carbonyl (C=O) groups excluding carboxylic acids is 1. The van der Waals surface area contributed by atoms with Crippen molar-refractivity contribution in [3.8, 4) is 0 Å². The summed E-state index contributed by atoms with van der Waals surface area (Å²) in [5.74, 6) is -0.784. The molecule has 0 bridgehead atoms. The largest absolute Gasteiger partial charge is 0.395 e. The molecular weight excluding hydrogens is 335 g/mol. The van der Waals surface area contributed by atoms with Crippen molar-refractivity contribution >= 4 is 21.6 Å². The molecule has 0 aliphatic heterocycles. The molecule has 0 heterocycles. The first-order valence-corrected chi connectivity index (χ1v) is 8.79. The average molecular weight is 352 g/mol. The van der Waals surface area contributed by atoms with Gasteiger partial charge in [0.15, 0.2) is 9.84 Å². The van der Waals surface area contributed by atoms with E-state index >= 15 is 0 Å². The number of aliphatic hydroxyl groups excluding tert-OH is 1. The molecule has 2 aromatic carbocycles. The van der Waals surface area contributed by atoms with E-state index in [1.54, 1.807) is 18.2 Å². The minimum absolute atomic E-state index is 0.115. The number of rotatable bonds is 6. The molecule has 0 atom stereocenters. The lowest BCUT2D eigenvalue weighted by atomic mass is 10.2. The van der Waals surface area contributed by atoms with E-state index in [2.05, 4.69) is 10.6 Å². The summed E-state index contributed by atoms with van der Waals surface area (Å²) >= 11 is 0. The number of halogens is 1. The third-order valence-electron chi connectivity index (χ3n) is 3.18. The summed E-state index contributed by atoms with van der Waals surface area (Å²) in [6.45, 7) is -0.257. The van der Waals surface area contributed by atoms with Crippen molar-refractivity contribution in [2.75, 3.05) is 17.7 Å². The second kappa shape index (κ2) is 7.89. The second-order valence-electron chi connectivity index (χ2n) is 5.00. The summed E-state index contributed by atoms with van der Waals surface area (Å²) in [4.78, 5) is 11.9. The van der Waals surface area contributed by atoms with Crippen molar-refractivity contribution in [1.29, 1.82) is 0 Å². The highest BCUT2D eigenvalue weighted by atomic mass is 32.2. The van der Waals surface area contributed by atoms with Gasteiger partial charge in [0.1, 0.15) is 5.82 Å². The van der Waals surface area contributed by atoms with Crippen molar-refractivity contribution in [3.63, 3.8) is 0 Å². The molecule has 2 amide bonds. The number of sulfone groups is 1. The topological polar surface area (TPSA) is 95.5 Å². The van der Waals surface area contributed by atoms with Gasteiger partial charge < -0.3 is 15.7 Å². The van der Waals surface area contributed by atoms with E-state index in [9.17, 15) is 17.6 Å². The molecule has 0 unspecified atom stereocenters. The van der Waals surface area contributed by atoms with Crippen LogP contribution in [0.15, 0.2) is 53.4 Å². The van der Waals surface area contributed by atoms with Gasteiger partial charge in [-0.25, -0.2) is 17.6 Å². The maximum atomic E-state index is 13.0. The minimum atomic E-state index is -3.49. The van der Waals surface area contributed by atoms with E-state index in [4.69, 9.17) is 5.11 Å². The van der Waals surface area contributed by atoms with Gasteiger partial charge in [-0.2, -0.15) is 0 Å². The number of hydrogen-bond acceptors (Lipinski definition) is 4. The first-order valence-electron chi connectivity index (χ1n) is 7.14. The van der Waals surface area contributed by atoms with Crippen molar-refractivity contribution in [3.05, 3.63) is 59.9 Å². The quantitative estimate of drug-likeness (QED) is 0.740. The molecule has 2 aromatic rings. The third kappa shape index (κ3) is 5.04. The fourth-order valence-electron chi connectivity index (χ4n) is 1.98. The zero-order valence-corrected chi connectivity index (χ0v) is 13.5. The first kappa shape index (κ1) is 17.9. The van der Waals surface area contributed by atoms with Crippen LogP contribution < -0.4 is 10.6 Å². The number of benzene rings is 2. The average Bonchev–Trinajstić information content (AvgIpc) is 2.53. The van der Waals surface area contributed by atoms with Gasteiger partial charge in [-0.15, -0.1) is 0 Å². The lowest BCUT2D eigenvalue weighted by Gasteiger charge is -2.08. The van der Waals surface area contributed by atoms with Gasteiger partial charge in [-0.1, -0.05) is 18.2 Å². The third-order valence-corrected chi connectivity index (χ3v) is 4.89. The zero-order chi connectivity index (χ0) is 17.6. The van der Waals surface area contributed by atoms with E-state index in [1.165, 1.54) is 30.3 Å². The zero-order valence-electron chi connectivity index (χ0n) is 12.7. The molecule has 0 saturated heterocycles. The number of carbonyl (C=O) groups is 1. The molecule has 0 radical (unpaired) electrons. The smallest absolute Gasteiger partial charge is 0.319 e. The van der Waals surface area contributed by atoms with Gasteiger partial charge in [0, 0.05) is 12.2 Å². The van der Waals surface area contributed by atoms with Crippen molar-refractivity contribution in [2.45, 2.75) is 11.4 Å². The molecule has 0 aliphatic carbocycles. The van der Waals surface area contributed by atoms with Crippen LogP contribution in [-0.4, -0.2) is 31.9 Å². The highest BCUT2D eigenvalue weighted by Crippen LogP contribution is 2.13. The number of hydrogen-bond donors (Lipinski definition) is 3. The van der Waals surface area contributed by atoms with E-state index in [1.807, 2.05) is 0 Å². The Morgan fingerprint density at radius 2 is 1.83 bits per heavy atom. The predicted octanol–water partition coefficient (Wildman–Crippen LogP) is 1.91. The number of urea groups is 1. The lowest BCUT2D eigenvalue weighted by Crippen LogP contribution is -2.28. The summed E-state index contributed by atoms with van der Waals surface area (Å²) in [6.07, 6.45) is 0. The summed E-state index contributed by atoms with van der Waals surface area (Å²) in [7, 11) is -3.49. The molecule has 0 saturated carbocycles. The predicted molar refractivity (Wildman–Crippen MR) is 87.8 cm³/mol. The summed E-state index contributed by atoms with van der Waals surface area (Å²) < 4.78 is 36.6. The SMILES string of the molecule is O=C(NCc1ccc(S(=O)(=O)CCO)cc1)Nc1cccc(F)c1. The van der Waals surface area contributed by atoms with Crippen LogP contribution in [0.1, 0.15) is 5.56 Å². The Labute approximate surface area is 139 Å². The van der Waals surface area contributed by atoms with E-state index in [0.29, 0.717) is 11.3 Å². The Balaban J connectivity index is 1.91. The molecule has 0 spiro atoms. The Morgan fingerprint density at radius 3 is 2.46 bits per heavy atom. The molecular formula is C16H17FN2O4S. The Kier molecular flexibility index (Phi) is 5.88. The van der Waals surface area contributed by atoms with Crippen LogP contribution in [0.25, 0.3) is 0 Å². The molecule has 0 aromatic heterocycles. The van der Waals surface area contributed by atoms with E-state index in [-0.39, 0.29) is 17.2 Å². The van der Waals surface area contributed by atoms with Gasteiger partial charge in [0.2, 0.25) is 0 Å². The number of aliphatic hydroxyl groups is 1. The Bertz CT molecular complexity index is 807. The summed E-state index contributed by atoms with van der Waals surface area (Å²) in [5.41, 5.74) is 1.03. The second-order valence-corrected chi connectivity index (χ2v) is 7.11. The molecule has 3 N–H and O–H groups in total. The fourth-order valence-corrected chi connectivity index (χ4v) is 3.00. The Morgan fingerprint density at radius 1 is 1.12 bits per heavy atom. The molecule has 0 aliphatic rings. The van der Waals surface area contributed by atoms with Gasteiger partial charge in [0.25, 0.3) is 0 Å². The molecule has 6 nitrogen and oxygen atoms in total. The molecule has 128 valence electrons. The highest BCUT2D eigenvalue weighted by Gasteiger charge is 2.13. The van der Waals surface area contributed by atoms with Crippen LogP contribution in [0.3, 0.4) is 0 Å². The normalized spacial score (nSPS) is 11.1. The molecule has 24 heavy (non-hydrogen) atoms. The monoisotopic (exact) mass is 352 g/mol. The van der Waals surface area contributed by atoms with Gasteiger partial charge in [-0.3, -0.25) is 0 Å². The van der Waals surface area contributed by atoms with Crippen LogP contribution in [0.2, 0.25) is 0 Å². The van der Waals surface area contributed by atoms with Crippen LogP contribution >= 0.6 is 0 Å². The fraction of sp³-hybridized carbons (Fsp3) is 0.188. The number of anilines is 1. The van der Waals surface area contributed by atoms with Crippen molar-refractivity contribution in [2.24, 2.45) is 0 Å². The minimum Gasteiger partial charge on any atom is -0.395 e. The van der Waals surface area contributed by atoms with Gasteiger partial charge >= 0.3 is 6.03 Å². The standard InChI is InChI=1S/C16H17FN2O4S/c17-13-2-1-3-14(10-13)19-16(21)18-11-12-4-6-15(7-5-12)24(22,23)9-8-20/h1-7,10,20H,8-9,11H2,(H2,18,19,21). The number of nitrogens with one attached hydrogen (secondary N) is 2.